The topological polar surface area (TPSA) is 79.3 Å². The van der Waals surface area contributed by atoms with Crippen molar-refractivity contribution in [2.45, 2.75) is 6.92 Å². The molecule has 0 spiro atoms. The fraction of sp³-hybridized carbons (Fsp3) is 0.0833. The normalized spacial score (nSPS) is 10.3. The summed E-state index contributed by atoms with van der Waals surface area (Å²) in [4.78, 5) is 26.4. The lowest BCUT2D eigenvalue weighted by Gasteiger charge is -2.07. The van der Waals surface area contributed by atoms with Gasteiger partial charge in [-0.25, -0.2) is 18.6 Å². The Morgan fingerprint density at radius 3 is 2.55 bits per heavy atom. The highest BCUT2D eigenvalue weighted by atomic mass is 32.1. The van der Waals surface area contributed by atoms with Gasteiger partial charge in [0.1, 0.15) is 17.3 Å². The fourth-order valence-electron chi connectivity index (χ4n) is 1.46. The van der Waals surface area contributed by atoms with Crippen molar-refractivity contribution in [1.29, 1.82) is 0 Å². The minimum absolute atomic E-state index is 0.0769. The zero-order valence-electron chi connectivity index (χ0n) is 10.1. The third-order valence-electron chi connectivity index (χ3n) is 2.39. The summed E-state index contributed by atoms with van der Waals surface area (Å²) in [6.07, 6.45) is 0. The number of aryl methyl sites for hydroxylation is 1. The van der Waals surface area contributed by atoms with Gasteiger partial charge in [-0.1, -0.05) is 0 Å². The first kappa shape index (κ1) is 14.1. The van der Waals surface area contributed by atoms with Gasteiger partial charge in [0.15, 0.2) is 0 Å². The minimum Gasteiger partial charge on any atom is -0.478 e. The lowest BCUT2D eigenvalue weighted by atomic mass is 10.1. The number of nitrogens with one attached hydrogen (secondary N) is 1. The van der Waals surface area contributed by atoms with E-state index in [4.69, 9.17) is 5.11 Å². The van der Waals surface area contributed by atoms with Crippen molar-refractivity contribution in [3.63, 3.8) is 0 Å². The van der Waals surface area contributed by atoms with Gasteiger partial charge in [-0.3, -0.25) is 4.79 Å². The molecule has 5 nitrogen and oxygen atoms in total. The summed E-state index contributed by atoms with van der Waals surface area (Å²) in [5, 5.41) is 13.0. The molecule has 0 radical (unpaired) electrons. The average Bonchev–Trinajstić information content (AvgIpc) is 2.79. The molecule has 2 N–H and O–H groups in total. The van der Waals surface area contributed by atoms with Crippen LogP contribution in [0.5, 0.6) is 0 Å². The lowest BCUT2D eigenvalue weighted by Crippen LogP contribution is -2.15. The van der Waals surface area contributed by atoms with Crippen molar-refractivity contribution >= 4 is 28.9 Å². The maximum atomic E-state index is 13.5. The number of benzene rings is 1. The van der Waals surface area contributed by atoms with Crippen LogP contribution >= 0.6 is 11.3 Å². The van der Waals surface area contributed by atoms with Gasteiger partial charge in [-0.15, -0.1) is 11.3 Å². The van der Waals surface area contributed by atoms with Crippen molar-refractivity contribution in [1.82, 2.24) is 4.98 Å². The molecule has 0 unspecified atom stereocenters. The van der Waals surface area contributed by atoms with E-state index in [1.54, 1.807) is 6.92 Å². The number of carboxylic acids is 1. The largest absolute Gasteiger partial charge is 0.478 e. The number of aromatic nitrogens is 1. The summed E-state index contributed by atoms with van der Waals surface area (Å²) in [7, 11) is 0. The Morgan fingerprint density at radius 2 is 2.00 bits per heavy atom. The number of hydrogen-bond donors (Lipinski definition) is 2. The van der Waals surface area contributed by atoms with Crippen LogP contribution in [-0.4, -0.2) is 22.0 Å². The smallest absolute Gasteiger partial charge is 0.338 e. The minimum atomic E-state index is -1.55. The van der Waals surface area contributed by atoms with Gasteiger partial charge < -0.3 is 10.4 Å². The summed E-state index contributed by atoms with van der Waals surface area (Å²) in [6, 6.07) is 1.13. The van der Waals surface area contributed by atoms with Gasteiger partial charge in [-0.05, 0) is 13.0 Å². The molecular formula is C12H8F2N2O3S. The predicted molar refractivity (Wildman–Crippen MR) is 68.1 cm³/mol. The van der Waals surface area contributed by atoms with Crippen LogP contribution in [0.3, 0.4) is 0 Å². The number of amides is 1. The van der Waals surface area contributed by atoms with Crippen LogP contribution in [0.1, 0.15) is 25.9 Å². The molecule has 0 atom stereocenters. The molecule has 0 aliphatic rings. The Labute approximate surface area is 115 Å². The first-order valence-corrected chi connectivity index (χ1v) is 6.22. The number of thiazole rings is 1. The van der Waals surface area contributed by atoms with Crippen LogP contribution in [0.2, 0.25) is 0 Å². The van der Waals surface area contributed by atoms with Gasteiger partial charge in [0.05, 0.1) is 16.3 Å². The van der Waals surface area contributed by atoms with Crippen LogP contribution in [0.25, 0.3) is 0 Å². The molecule has 0 aliphatic heterocycles. The summed E-state index contributed by atoms with van der Waals surface area (Å²) in [5.41, 5.74) is -1.07. The monoisotopic (exact) mass is 298 g/mol. The van der Waals surface area contributed by atoms with Gasteiger partial charge in [0.2, 0.25) is 0 Å². The number of carbonyl (C=O) groups is 2. The van der Waals surface area contributed by atoms with E-state index in [2.05, 4.69) is 10.3 Å². The van der Waals surface area contributed by atoms with E-state index in [1.165, 1.54) is 16.7 Å². The number of anilines is 1. The Hall–Kier alpha value is -2.35. The number of nitrogens with zero attached hydrogens (tertiary/aromatic N) is 1. The first-order chi connectivity index (χ1) is 9.38. The van der Waals surface area contributed by atoms with E-state index in [-0.39, 0.29) is 5.69 Å². The molecule has 1 amide bonds. The Morgan fingerprint density at radius 1 is 1.30 bits per heavy atom. The molecule has 0 bridgehead atoms. The van der Waals surface area contributed by atoms with Crippen molar-refractivity contribution in [2.24, 2.45) is 0 Å². The molecule has 0 saturated carbocycles. The zero-order chi connectivity index (χ0) is 14.9. The maximum absolute atomic E-state index is 13.5. The van der Waals surface area contributed by atoms with E-state index >= 15 is 0 Å². The van der Waals surface area contributed by atoms with Crippen LogP contribution in [0.15, 0.2) is 17.5 Å². The number of rotatable bonds is 3. The second kappa shape index (κ2) is 5.33. The molecular weight excluding hydrogens is 290 g/mol. The predicted octanol–water partition coefficient (Wildman–Crippen LogP) is 2.68. The molecule has 0 saturated heterocycles. The number of carbonyl (C=O) groups excluding carboxylic acids is 1. The third-order valence-corrected chi connectivity index (χ3v) is 3.16. The first-order valence-electron chi connectivity index (χ1n) is 5.34. The SMILES string of the molecule is Cc1nc(C(=O)Nc2cc(C(=O)O)c(F)cc2F)cs1. The summed E-state index contributed by atoms with van der Waals surface area (Å²) >= 11 is 1.24. The summed E-state index contributed by atoms with van der Waals surface area (Å²) < 4.78 is 26.7. The quantitative estimate of drug-likeness (QED) is 0.913. The molecule has 0 aliphatic carbocycles. The zero-order valence-corrected chi connectivity index (χ0v) is 10.9. The molecule has 2 rings (SSSR count). The van der Waals surface area contributed by atoms with Crippen molar-refractivity contribution in [2.75, 3.05) is 5.32 Å². The second-order valence-electron chi connectivity index (χ2n) is 3.82. The number of hydrogen-bond acceptors (Lipinski definition) is 4. The van der Waals surface area contributed by atoms with Crippen molar-refractivity contribution in [3.05, 3.63) is 45.4 Å². The van der Waals surface area contributed by atoms with Crippen molar-refractivity contribution in [3.8, 4) is 0 Å². The van der Waals surface area contributed by atoms with Crippen LogP contribution in [0, 0.1) is 18.6 Å². The standard InChI is InChI=1S/C12H8F2N2O3S/c1-5-15-10(4-20-5)11(17)16-9-2-6(12(18)19)7(13)3-8(9)14/h2-4H,1H3,(H,16,17)(H,18,19). The molecule has 8 heteroatoms. The van der Waals surface area contributed by atoms with E-state index in [0.29, 0.717) is 11.1 Å². The van der Waals surface area contributed by atoms with Gasteiger partial charge in [0, 0.05) is 11.4 Å². The molecule has 0 fully saturated rings. The third kappa shape index (κ3) is 2.80. The van der Waals surface area contributed by atoms with E-state index in [9.17, 15) is 18.4 Å². The maximum Gasteiger partial charge on any atom is 0.338 e. The van der Waals surface area contributed by atoms with Gasteiger partial charge in [-0.2, -0.15) is 0 Å². The molecule has 20 heavy (non-hydrogen) atoms. The number of halogens is 2. The van der Waals surface area contributed by atoms with E-state index in [0.717, 1.165) is 6.07 Å². The van der Waals surface area contributed by atoms with Gasteiger partial charge in [0.25, 0.3) is 5.91 Å². The Kier molecular flexibility index (Phi) is 3.75. The van der Waals surface area contributed by atoms with Crippen LogP contribution < -0.4 is 5.32 Å². The second-order valence-corrected chi connectivity index (χ2v) is 4.89. The highest BCUT2D eigenvalue weighted by molar-refractivity contribution is 7.09. The lowest BCUT2D eigenvalue weighted by molar-refractivity contribution is 0.0691. The summed E-state index contributed by atoms with van der Waals surface area (Å²) in [6.45, 7) is 1.70. The van der Waals surface area contributed by atoms with E-state index in [1.807, 2.05) is 0 Å². The number of aromatic carboxylic acids is 1. The summed E-state index contributed by atoms with van der Waals surface area (Å²) in [5.74, 6) is -4.52. The van der Waals surface area contributed by atoms with Crippen LogP contribution in [0.4, 0.5) is 14.5 Å². The van der Waals surface area contributed by atoms with E-state index < -0.39 is 34.8 Å². The molecule has 1 aromatic heterocycles. The molecule has 1 heterocycles. The van der Waals surface area contributed by atoms with Crippen LogP contribution in [-0.2, 0) is 0 Å². The Balaban J connectivity index is 2.31. The van der Waals surface area contributed by atoms with Crippen molar-refractivity contribution < 1.29 is 23.5 Å². The molecule has 104 valence electrons. The average molecular weight is 298 g/mol. The molecule has 2 aromatic rings. The number of carboxylic acid groups (broad SMARTS) is 1. The molecule has 1 aromatic carbocycles. The highest BCUT2D eigenvalue weighted by Crippen LogP contribution is 2.20. The highest BCUT2D eigenvalue weighted by Gasteiger charge is 2.18. The fourth-order valence-corrected chi connectivity index (χ4v) is 2.06. The Bertz CT molecular complexity index is 700. The van der Waals surface area contributed by atoms with Gasteiger partial charge >= 0.3 is 5.97 Å².